The van der Waals surface area contributed by atoms with Crippen molar-refractivity contribution in [2.75, 3.05) is 32.7 Å². The number of piperidine rings is 1. The van der Waals surface area contributed by atoms with Crippen LogP contribution in [-0.2, 0) is 4.79 Å². The number of aromatic nitrogens is 2. The summed E-state index contributed by atoms with van der Waals surface area (Å²) in [6, 6.07) is 0. The van der Waals surface area contributed by atoms with Crippen LogP contribution in [0.25, 0.3) is 5.32 Å². The fraction of sp³-hybridized carbons (Fsp3) is 0.667. The largest absolute Gasteiger partial charge is 1.00 e. The number of carbonyl (C=O) groups is 1. The molecule has 22 heavy (non-hydrogen) atoms. The van der Waals surface area contributed by atoms with Crippen molar-refractivity contribution in [1.82, 2.24) is 20.2 Å². The third-order valence-electron chi connectivity index (χ3n) is 3.77. The first-order chi connectivity index (χ1) is 10.2. The third kappa shape index (κ3) is 7.13. The Bertz CT molecular complexity index is 454. The Labute approximate surface area is 181 Å². The van der Waals surface area contributed by atoms with Crippen LogP contribution in [0.3, 0.4) is 0 Å². The summed E-state index contributed by atoms with van der Waals surface area (Å²) in [5.74, 6) is 0.858. The molecule has 1 N–H and O–H groups in total. The van der Waals surface area contributed by atoms with Gasteiger partial charge in [0.15, 0.2) is 0 Å². The Hall–Kier alpha value is 0.115. The van der Waals surface area contributed by atoms with Gasteiger partial charge in [-0.1, -0.05) is 6.92 Å². The summed E-state index contributed by atoms with van der Waals surface area (Å²) in [6.07, 6.45) is 5.81. The molecule has 0 bridgehead atoms. The first-order valence-electron chi connectivity index (χ1n) is 7.62. The quantitative estimate of drug-likeness (QED) is 0.667. The topological polar surface area (TPSA) is 72.2 Å². The summed E-state index contributed by atoms with van der Waals surface area (Å²) in [7, 11) is 0. The van der Waals surface area contributed by atoms with Gasteiger partial charge in [-0.3, -0.25) is 4.79 Å². The Balaban J connectivity index is 0.00000242. The Morgan fingerprint density at radius 2 is 2.18 bits per heavy atom. The Morgan fingerprint density at radius 1 is 1.45 bits per heavy atom. The van der Waals surface area contributed by atoms with Gasteiger partial charge in [0.2, 0.25) is 5.91 Å². The second-order valence-electron chi connectivity index (χ2n) is 5.58. The molecule has 0 radical (unpaired) electrons. The second-order valence-corrected chi connectivity index (χ2v) is 5.58. The van der Waals surface area contributed by atoms with Gasteiger partial charge in [-0.15, -0.1) is 0 Å². The fourth-order valence-corrected chi connectivity index (χ4v) is 2.53. The fourth-order valence-electron chi connectivity index (χ4n) is 2.53. The summed E-state index contributed by atoms with van der Waals surface area (Å²) in [5, 5.41) is 7.06. The molecular formula is C15H24N5ORb. The van der Waals surface area contributed by atoms with Gasteiger partial charge in [0, 0.05) is 19.0 Å². The molecule has 6 nitrogen and oxygen atoms in total. The van der Waals surface area contributed by atoms with Crippen LogP contribution in [0.2, 0.25) is 0 Å². The summed E-state index contributed by atoms with van der Waals surface area (Å²) >= 11 is 0. The van der Waals surface area contributed by atoms with E-state index in [1.807, 2.05) is 6.92 Å². The first-order valence-corrected chi connectivity index (χ1v) is 7.62. The van der Waals surface area contributed by atoms with E-state index in [-0.39, 0.29) is 70.6 Å². The van der Waals surface area contributed by atoms with Crippen molar-refractivity contribution in [3.05, 3.63) is 23.3 Å². The molecule has 7 heteroatoms. The Morgan fingerprint density at radius 3 is 2.86 bits per heavy atom. The maximum atomic E-state index is 11.8. The molecule has 116 valence electrons. The number of hydrogen-bond acceptors (Lipinski definition) is 4. The molecule has 1 atom stereocenters. The molecule has 2 rings (SSSR count). The average molecular weight is 376 g/mol. The number of hydrogen-bond donors (Lipinski definition) is 1. The number of amides is 1. The standard InChI is InChI=1S/C15H25N5O.Rb/c1-3-20-6-4-5-13(11-20)9-16-14(21)10-19-15-17-7-12(2)8-18-15;/h7-8,13H,3-6,9-11H2,1-2H3,(H2,16,17,18,19,21);/q;+1/p-1. The molecule has 1 aromatic heterocycles. The third-order valence-corrected chi connectivity index (χ3v) is 3.77. The number of likely N-dealkylation sites (tertiary alicyclic amines) is 1. The van der Waals surface area contributed by atoms with Crippen LogP contribution < -0.4 is 63.5 Å². The summed E-state index contributed by atoms with van der Waals surface area (Å²) in [4.78, 5) is 22.4. The summed E-state index contributed by atoms with van der Waals surface area (Å²) in [6.45, 7) is 8.27. The van der Waals surface area contributed by atoms with Crippen molar-refractivity contribution < 1.29 is 63.0 Å². The maximum Gasteiger partial charge on any atom is 1.00 e. The van der Waals surface area contributed by atoms with E-state index in [9.17, 15) is 4.79 Å². The van der Waals surface area contributed by atoms with Gasteiger partial charge < -0.3 is 25.5 Å². The van der Waals surface area contributed by atoms with E-state index >= 15 is 0 Å². The van der Waals surface area contributed by atoms with E-state index in [0.29, 0.717) is 11.9 Å². The van der Waals surface area contributed by atoms with Gasteiger partial charge in [0.1, 0.15) is 0 Å². The second kappa shape index (κ2) is 10.8. The minimum absolute atomic E-state index is 0. The smallest absolute Gasteiger partial charge is 0.383 e. The van der Waals surface area contributed by atoms with Crippen molar-refractivity contribution in [2.45, 2.75) is 26.7 Å². The van der Waals surface area contributed by atoms with E-state index in [1.165, 1.54) is 19.4 Å². The summed E-state index contributed by atoms with van der Waals surface area (Å²) in [5.41, 5.74) is 0.983. The normalized spacial score (nSPS) is 18.4. The van der Waals surface area contributed by atoms with Crippen molar-refractivity contribution in [3.63, 3.8) is 0 Å². The molecule has 1 saturated heterocycles. The number of nitrogens with zero attached hydrogens (tertiary/aromatic N) is 4. The van der Waals surface area contributed by atoms with Gasteiger partial charge in [0.25, 0.3) is 0 Å². The van der Waals surface area contributed by atoms with Crippen LogP contribution in [0, 0.1) is 12.8 Å². The van der Waals surface area contributed by atoms with E-state index in [1.54, 1.807) is 12.4 Å². The van der Waals surface area contributed by atoms with E-state index < -0.39 is 0 Å². The molecule has 1 unspecified atom stereocenters. The van der Waals surface area contributed by atoms with Crippen molar-refractivity contribution in [3.8, 4) is 0 Å². The van der Waals surface area contributed by atoms with Gasteiger partial charge in [-0.05, 0) is 56.7 Å². The molecule has 2 heterocycles. The van der Waals surface area contributed by atoms with Crippen LogP contribution in [0.15, 0.2) is 12.4 Å². The van der Waals surface area contributed by atoms with Crippen molar-refractivity contribution in [2.24, 2.45) is 5.92 Å². The van der Waals surface area contributed by atoms with Gasteiger partial charge in [0.05, 0.1) is 6.54 Å². The van der Waals surface area contributed by atoms with Crippen LogP contribution >= 0.6 is 0 Å². The molecule has 1 fully saturated rings. The minimum Gasteiger partial charge on any atom is -0.383 e. The summed E-state index contributed by atoms with van der Waals surface area (Å²) < 4.78 is 0. The monoisotopic (exact) mass is 375 g/mol. The molecule has 0 saturated carbocycles. The Kier molecular flexibility index (Phi) is 9.90. The van der Waals surface area contributed by atoms with Crippen molar-refractivity contribution in [1.29, 1.82) is 0 Å². The van der Waals surface area contributed by atoms with Gasteiger partial charge in [-0.25, -0.2) is 0 Å². The SMILES string of the molecule is CCN1CCCC(CNC(=O)C[N-]c2ncc(C)cn2)C1.[Rb+]. The molecule has 0 aliphatic carbocycles. The number of carbonyl (C=O) groups excluding carboxylic acids is 1. The minimum atomic E-state index is -0.0622. The predicted molar refractivity (Wildman–Crippen MR) is 82.5 cm³/mol. The zero-order valence-corrected chi connectivity index (χ0v) is 18.8. The molecule has 1 amide bonds. The predicted octanol–water partition coefficient (Wildman–Crippen LogP) is -1.36. The molecule has 1 aromatic rings. The van der Waals surface area contributed by atoms with Crippen LogP contribution in [-0.4, -0.2) is 53.5 Å². The number of aryl methyl sites for hydroxylation is 1. The van der Waals surface area contributed by atoms with Crippen molar-refractivity contribution >= 4 is 11.9 Å². The molecule has 0 aromatic carbocycles. The maximum absolute atomic E-state index is 11.8. The van der Waals surface area contributed by atoms with Gasteiger partial charge in [-0.2, -0.15) is 0 Å². The molecule has 0 spiro atoms. The van der Waals surface area contributed by atoms with Crippen LogP contribution in [0.4, 0.5) is 5.95 Å². The zero-order valence-electron chi connectivity index (χ0n) is 13.9. The van der Waals surface area contributed by atoms with E-state index in [4.69, 9.17) is 0 Å². The number of rotatable bonds is 6. The molecule has 1 aliphatic heterocycles. The average Bonchev–Trinajstić information content (AvgIpc) is 2.52. The van der Waals surface area contributed by atoms with Crippen LogP contribution in [0.1, 0.15) is 25.3 Å². The zero-order chi connectivity index (χ0) is 15.1. The van der Waals surface area contributed by atoms with Gasteiger partial charge >= 0.3 is 58.2 Å². The van der Waals surface area contributed by atoms with E-state index in [0.717, 1.165) is 25.2 Å². The number of nitrogens with one attached hydrogen (secondary N) is 1. The molecule has 1 aliphatic rings. The van der Waals surface area contributed by atoms with Crippen LogP contribution in [0.5, 0.6) is 0 Å². The first kappa shape index (κ1) is 20.2. The van der Waals surface area contributed by atoms with E-state index in [2.05, 4.69) is 32.4 Å². The molecular weight excluding hydrogens is 352 g/mol.